The summed E-state index contributed by atoms with van der Waals surface area (Å²) in [5.74, 6) is 0.472. The summed E-state index contributed by atoms with van der Waals surface area (Å²) in [5.41, 5.74) is 7.98. The molecule has 1 aliphatic heterocycles. The van der Waals surface area contributed by atoms with Crippen molar-refractivity contribution in [3.63, 3.8) is 0 Å². The van der Waals surface area contributed by atoms with Crippen molar-refractivity contribution in [3.05, 3.63) is 28.2 Å². The van der Waals surface area contributed by atoms with E-state index >= 15 is 0 Å². The lowest BCUT2D eigenvalue weighted by Crippen LogP contribution is -2.48. The molecule has 2 unspecified atom stereocenters. The monoisotopic (exact) mass is 339 g/mol. The molecule has 0 aliphatic carbocycles. The minimum atomic E-state index is 0.0252. The fraction of sp³-hybridized carbons (Fsp3) is 0.533. The van der Waals surface area contributed by atoms with Crippen molar-refractivity contribution in [1.82, 2.24) is 4.90 Å². The number of hydrogen-bond acceptors (Lipinski definition) is 3. The highest BCUT2D eigenvalue weighted by atomic mass is 79.9. The minimum absolute atomic E-state index is 0.0252. The van der Waals surface area contributed by atoms with Gasteiger partial charge in [0.25, 0.3) is 0 Å². The first-order chi connectivity index (χ1) is 9.45. The topological polar surface area (TPSA) is 58.4 Å². The van der Waals surface area contributed by atoms with Gasteiger partial charge in [0.1, 0.15) is 0 Å². The quantitative estimate of drug-likeness (QED) is 0.888. The summed E-state index contributed by atoms with van der Waals surface area (Å²) < 4.78 is 0.917. The van der Waals surface area contributed by atoms with Crippen LogP contribution in [0.25, 0.3) is 0 Å². The van der Waals surface area contributed by atoms with Crippen LogP contribution in [-0.2, 0) is 4.79 Å². The molecule has 2 rings (SSSR count). The van der Waals surface area contributed by atoms with Crippen molar-refractivity contribution in [2.45, 2.75) is 26.3 Å². The first-order valence-electron chi connectivity index (χ1n) is 6.99. The number of aryl methyl sites for hydroxylation is 1. The van der Waals surface area contributed by atoms with Crippen molar-refractivity contribution >= 4 is 27.5 Å². The van der Waals surface area contributed by atoms with Crippen molar-refractivity contribution in [1.29, 1.82) is 0 Å². The smallest absolute Gasteiger partial charge is 0.238 e. The van der Waals surface area contributed by atoms with Crippen LogP contribution in [0.4, 0.5) is 5.69 Å². The minimum Gasteiger partial charge on any atom is -0.327 e. The molecule has 1 heterocycles. The number of piperidine rings is 1. The van der Waals surface area contributed by atoms with Gasteiger partial charge in [-0.15, -0.1) is 0 Å². The number of benzene rings is 1. The molecule has 20 heavy (non-hydrogen) atoms. The number of halogens is 1. The Morgan fingerprint density at radius 3 is 2.95 bits per heavy atom. The number of likely N-dealkylation sites (tertiary alicyclic amines) is 1. The summed E-state index contributed by atoms with van der Waals surface area (Å²) in [4.78, 5) is 14.3. The van der Waals surface area contributed by atoms with E-state index in [4.69, 9.17) is 5.73 Å². The Morgan fingerprint density at radius 2 is 2.30 bits per heavy atom. The molecule has 1 amide bonds. The molecule has 1 saturated heterocycles. The normalized spacial score (nSPS) is 23.6. The number of nitrogens with one attached hydrogen (secondary N) is 1. The van der Waals surface area contributed by atoms with Crippen molar-refractivity contribution in [3.8, 4) is 0 Å². The predicted octanol–water partition coefficient (Wildman–Crippen LogP) is 2.37. The van der Waals surface area contributed by atoms with E-state index in [0.717, 1.165) is 35.2 Å². The van der Waals surface area contributed by atoms with Crippen LogP contribution < -0.4 is 11.1 Å². The van der Waals surface area contributed by atoms with Crippen molar-refractivity contribution < 1.29 is 4.79 Å². The van der Waals surface area contributed by atoms with Gasteiger partial charge in [-0.05, 0) is 52.9 Å². The van der Waals surface area contributed by atoms with Gasteiger partial charge >= 0.3 is 0 Å². The fourth-order valence-electron chi connectivity index (χ4n) is 2.51. The number of hydrogen-bond donors (Lipinski definition) is 2. The molecular formula is C15H22BrN3O. The average Bonchev–Trinajstić information content (AvgIpc) is 2.37. The SMILES string of the molecule is Cc1ccc(NC(=O)CN2CCC(N)C(C)C2)c(Br)c1. The molecule has 5 heteroatoms. The maximum Gasteiger partial charge on any atom is 0.238 e. The predicted molar refractivity (Wildman–Crippen MR) is 85.7 cm³/mol. The zero-order chi connectivity index (χ0) is 14.7. The largest absolute Gasteiger partial charge is 0.327 e. The fourth-order valence-corrected chi connectivity index (χ4v) is 3.10. The maximum atomic E-state index is 12.1. The van der Waals surface area contributed by atoms with Crippen molar-refractivity contribution in [2.75, 3.05) is 25.0 Å². The Morgan fingerprint density at radius 1 is 1.55 bits per heavy atom. The van der Waals surface area contributed by atoms with E-state index in [2.05, 4.69) is 33.1 Å². The third-order valence-electron chi connectivity index (χ3n) is 3.82. The van der Waals surface area contributed by atoms with Crippen LogP contribution in [0.3, 0.4) is 0 Å². The van der Waals surface area contributed by atoms with Crippen LogP contribution in [0, 0.1) is 12.8 Å². The van der Waals surface area contributed by atoms with Crippen LogP contribution in [0.2, 0.25) is 0 Å². The number of amides is 1. The number of nitrogens with two attached hydrogens (primary N) is 1. The molecule has 0 bridgehead atoms. The number of carbonyl (C=O) groups is 1. The number of carbonyl (C=O) groups excluding carboxylic acids is 1. The second-order valence-electron chi connectivity index (χ2n) is 5.70. The second kappa shape index (κ2) is 6.70. The summed E-state index contributed by atoms with van der Waals surface area (Å²) in [6, 6.07) is 6.17. The standard InChI is InChI=1S/C15H22BrN3O/c1-10-3-4-14(12(16)7-10)18-15(20)9-19-6-5-13(17)11(2)8-19/h3-4,7,11,13H,5-6,8-9,17H2,1-2H3,(H,18,20). The van der Waals surface area contributed by atoms with Gasteiger partial charge in [-0.3, -0.25) is 9.69 Å². The Balaban J connectivity index is 1.89. The van der Waals surface area contributed by atoms with Gasteiger partial charge in [-0.1, -0.05) is 13.0 Å². The summed E-state index contributed by atoms with van der Waals surface area (Å²) in [5, 5.41) is 2.95. The highest BCUT2D eigenvalue weighted by Crippen LogP contribution is 2.23. The number of anilines is 1. The molecule has 3 N–H and O–H groups in total. The molecule has 1 aromatic rings. The molecule has 0 radical (unpaired) electrons. The van der Waals surface area contributed by atoms with Gasteiger partial charge in [-0.2, -0.15) is 0 Å². The molecule has 0 saturated carbocycles. The number of nitrogens with zero attached hydrogens (tertiary/aromatic N) is 1. The molecule has 2 atom stereocenters. The molecule has 0 spiro atoms. The zero-order valence-corrected chi connectivity index (χ0v) is 13.6. The van der Waals surface area contributed by atoms with Gasteiger partial charge in [0, 0.05) is 23.6 Å². The van der Waals surface area contributed by atoms with Gasteiger partial charge in [0.15, 0.2) is 0 Å². The van der Waals surface area contributed by atoms with E-state index in [9.17, 15) is 4.79 Å². The summed E-state index contributed by atoms with van der Waals surface area (Å²) in [6.45, 7) is 6.38. The molecular weight excluding hydrogens is 318 g/mol. The van der Waals surface area contributed by atoms with E-state index in [0.29, 0.717) is 12.5 Å². The summed E-state index contributed by atoms with van der Waals surface area (Å²) in [7, 11) is 0. The first kappa shape index (κ1) is 15.5. The van der Waals surface area contributed by atoms with Crippen LogP contribution in [0.5, 0.6) is 0 Å². The first-order valence-corrected chi connectivity index (χ1v) is 7.79. The van der Waals surface area contributed by atoms with Gasteiger partial charge in [0.05, 0.1) is 12.2 Å². The van der Waals surface area contributed by atoms with Gasteiger partial charge in [0.2, 0.25) is 5.91 Å². The van der Waals surface area contributed by atoms with E-state index in [1.54, 1.807) is 0 Å². The number of rotatable bonds is 3. The lowest BCUT2D eigenvalue weighted by Gasteiger charge is -2.34. The van der Waals surface area contributed by atoms with Gasteiger partial charge < -0.3 is 11.1 Å². The Labute approximate surface area is 128 Å². The molecule has 1 aliphatic rings. The Hall–Kier alpha value is -0.910. The molecule has 1 fully saturated rings. The maximum absolute atomic E-state index is 12.1. The van der Waals surface area contributed by atoms with E-state index in [-0.39, 0.29) is 11.9 Å². The van der Waals surface area contributed by atoms with E-state index in [1.807, 2.05) is 25.1 Å². The van der Waals surface area contributed by atoms with Crippen LogP contribution >= 0.6 is 15.9 Å². The zero-order valence-electron chi connectivity index (χ0n) is 12.0. The third kappa shape index (κ3) is 4.04. The van der Waals surface area contributed by atoms with Gasteiger partial charge in [-0.25, -0.2) is 0 Å². The molecule has 1 aromatic carbocycles. The molecule has 0 aromatic heterocycles. The Bertz CT molecular complexity index is 492. The van der Waals surface area contributed by atoms with Crippen molar-refractivity contribution in [2.24, 2.45) is 11.7 Å². The molecule has 4 nitrogen and oxygen atoms in total. The van der Waals surface area contributed by atoms with Crippen LogP contribution in [0.15, 0.2) is 22.7 Å². The lowest BCUT2D eigenvalue weighted by molar-refractivity contribution is -0.117. The van der Waals surface area contributed by atoms with Crippen LogP contribution in [-0.4, -0.2) is 36.5 Å². The summed E-state index contributed by atoms with van der Waals surface area (Å²) >= 11 is 3.47. The second-order valence-corrected chi connectivity index (χ2v) is 6.55. The van der Waals surface area contributed by atoms with E-state index in [1.165, 1.54) is 0 Å². The molecule has 110 valence electrons. The van der Waals surface area contributed by atoms with Crippen LogP contribution in [0.1, 0.15) is 18.9 Å². The highest BCUT2D eigenvalue weighted by Gasteiger charge is 2.24. The average molecular weight is 340 g/mol. The highest BCUT2D eigenvalue weighted by molar-refractivity contribution is 9.10. The Kier molecular flexibility index (Phi) is 5.18. The lowest BCUT2D eigenvalue weighted by atomic mass is 9.95. The summed E-state index contributed by atoms with van der Waals surface area (Å²) in [6.07, 6.45) is 0.961. The third-order valence-corrected chi connectivity index (χ3v) is 4.48. The van der Waals surface area contributed by atoms with E-state index < -0.39 is 0 Å².